The van der Waals surface area contributed by atoms with Gasteiger partial charge in [-0.3, -0.25) is 4.79 Å². The molecule has 0 aliphatic carbocycles. The molecule has 2 aromatic carbocycles. The summed E-state index contributed by atoms with van der Waals surface area (Å²) < 4.78 is 36.5. The molecular weight excluding hydrogens is 487 g/mol. The molecule has 0 bridgehead atoms. The van der Waals surface area contributed by atoms with Crippen LogP contribution in [0.15, 0.2) is 44.2 Å². The van der Waals surface area contributed by atoms with Crippen molar-refractivity contribution in [2.45, 2.75) is 11.8 Å². The lowest BCUT2D eigenvalue weighted by atomic mass is 10.1. The van der Waals surface area contributed by atoms with Crippen molar-refractivity contribution in [3.8, 4) is 11.5 Å². The highest BCUT2D eigenvalue weighted by molar-refractivity contribution is 9.10. The summed E-state index contributed by atoms with van der Waals surface area (Å²) in [6, 6.07) is 7.16. The highest BCUT2D eigenvalue weighted by atomic mass is 79.9. The van der Waals surface area contributed by atoms with Crippen molar-refractivity contribution in [3.63, 3.8) is 0 Å². The van der Waals surface area contributed by atoms with Gasteiger partial charge in [0.05, 0.1) is 17.1 Å². The molecule has 0 amide bonds. The molecule has 0 unspecified atom stereocenters. The molecule has 0 aliphatic rings. The molecule has 5 nitrogen and oxygen atoms in total. The summed E-state index contributed by atoms with van der Waals surface area (Å²) in [5.74, 6) is -0.356. The van der Waals surface area contributed by atoms with Gasteiger partial charge in [0.2, 0.25) is 0 Å². The molecule has 24 heavy (non-hydrogen) atoms. The second kappa shape index (κ2) is 7.43. The molecule has 0 heterocycles. The number of ether oxygens (including phenoxy) is 1. The second-order valence-corrected chi connectivity index (χ2v) is 8.37. The van der Waals surface area contributed by atoms with Crippen molar-refractivity contribution >= 4 is 59.4 Å². The van der Waals surface area contributed by atoms with E-state index in [9.17, 15) is 13.2 Å². The van der Waals surface area contributed by atoms with Crippen LogP contribution in [0, 0.1) is 0 Å². The van der Waals surface area contributed by atoms with E-state index in [1.54, 1.807) is 6.07 Å². The highest BCUT2D eigenvalue weighted by Crippen LogP contribution is 2.37. The first-order valence-corrected chi connectivity index (χ1v) is 9.81. The standard InChI is InChI=1S/C15H11Br2ClO5S/c1-8(19)11-5-9(16)3-4-13(11)23-24(20,21)14-7-10(18)6-12(17)15(14)22-2/h3-7H,1-2H3. The molecule has 0 spiro atoms. The Morgan fingerprint density at radius 1 is 1.17 bits per heavy atom. The maximum atomic E-state index is 12.6. The molecule has 0 atom stereocenters. The summed E-state index contributed by atoms with van der Waals surface area (Å²) in [7, 11) is -2.95. The van der Waals surface area contributed by atoms with Crippen LogP contribution in [0.3, 0.4) is 0 Å². The molecule has 9 heteroatoms. The van der Waals surface area contributed by atoms with Gasteiger partial charge in [0, 0.05) is 9.50 Å². The molecule has 0 saturated heterocycles. The van der Waals surface area contributed by atoms with Gasteiger partial charge in [-0.15, -0.1) is 0 Å². The molecule has 0 aliphatic heterocycles. The average molecular weight is 499 g/mol. The minimum absolute atomic E-state index is 0.0564. The van der Waals surface area contributed by atoms with Crippen molar-refractivity contribution < 1.29 is 22.1 Å². The maximum absolute atomic E-state index is 12.6. The number of benzene rings is 2. The Hall–Kier alpha value is -1.09. The predicted molar refractivity (Wildman–Crippen MR) is 97.7 cm³/mol. The largest absolute Gasteiger partial charge is 0.494 e. The van der Waals surface area contributed by atoms with Crippen LogP contribution in [0.25, 0.3) is 0 Å². The number of hydrogen-bond acceptors (Lipinski definition) is 5. The summed E-state index contributed by atoms with van der Waals surface area (Å²) in [6.45, 7) is 1.32. The Bertz CT molecular complexity index is 912. The fraction of sp³-hybridized carbons (Fsp3) is 0.133. The first kappa shape index (κ1) is 19.2. The minimum Gasteiger partial charge on any atom is -0.494 e. The van der Waals surface area contributed by atoms with Gasteiger partial charge in [-0.25, -0.2) is 0 Å². The van der Waals surface area contributed by atoms with Gasteiger partial charge in [-0.2, -0.15) is 8.42 Å². The SMILES string of the molecule is COc1c(Br)cc(Cl)cc1S(=O)(=O)Oc1ccc(Br)cc1C(C)=O. The summed E-state index contributed by atoms with van der Waals surface area (Å²) in [4.78, 5) is 11.5. The molecule has 128 valence electrons. The van der Waals surface area contributed by atoms with Crippen LogP contribution in [0.1, 0.15) is 17.3 Å². The number of carbonyl (C=O) groups is 1. The number of halogens is 3. The molecule has 0 radical (unpaired) electrons. The van der Waals surface area contributed by atoms with Crippen molar-refractivity contribution in [2.24, 2.45) is 0 Å². The number of rotatable bonds is 5. The van der Waals surface area contributed by atoms with Crippen molar-refractivity contribution in [1.29, 1.82) is 0 Å². The summed E-state index contributed by atoms with van der Waals surface area (Å²) in [6.07, 6.45) is 0. The van der Waals surface area contributed by atoms with Gasteiger partial charge in [-0.1, -0.05) is 27.5 Å². The van der Waals surface area contributed by atoms with E-state index in [2.05, 4.69) is 31.9 Å². The Kier molecular flexibility index (Phi) is 5.95. The van der Waals surface area contributed by atoms with Crippen LogP contribution in [0.2, 0.25) is 5.02 Å². The molecule has 2 aromatic rings. The molecule has 0 N–H and O–H groups in total. The first-order chi connectivity index (χ1) is 11.2. The molecule has 0 aromatic heterocycles. The van der Waals surface area contributed by atoms with E-state index in [0.717, 1.165) is 0 Å². The van der Waals surface area contributed by atoms with E-state index in [1.165, 1.54) is 38.3 Å². The molecular formula is C15H11Br2ClO5S. The highest BCUT2D eigenvalue weighted by Gasteiger charge is 2.26. The summed E-state index contributed by atoms with van der Waals surface area (Å²) >= 11 is 12.3. The van der Waals surface area contributed by atoms with E-state index in [-0.39, 0.29) is 32.8 Å². The monoisotopic (exact) mass is 496 g/mol. The zero-order valence-electron chi connectivity index (χ0n) is 12.5. The molecule has 2 rings (SSSR count). The number of Topliss-reactive ketones (excluding diaryl/α,β-unsaturated/α-hetero) is 1. The summed E-state index contributed by atoms with van der Waals surface area (Å²) in [5, 5.41) is 0.187. The third-order valence-corrected chi connectivity index (χ3v) is 5.51. The third-order valence-electron chi connectivity index (χ3n) is 2.97. The smallest absolute Gasteiger partial charge is 0.343 e. The Morgan fingerprint density at radius 3 is 2.42 bits per heavy atom. The fourth-order valence-electron chi connectivity index (χ4n) is 1.93. The van der Waals surface area contributed by atoms with Gasteiger partial charge in [-0.05, 0) is 53.2 Å². The number of ketones is 1. The minimum atomic E-state index is -4.28. The third kappa shape index (κ3) is 4.11. The van der Waals surface area contributed by atoms with Gasteiger partial charge in [0.15, 0.2) is 22.2 Å². The molecule has 0 fully saturated rings. The maximum Gasteiger partial charge on any atom is 0.343 e. The lowest BCUT2D eigenvalue weighted by molar-refractivity contribution is 0.101. The van der Waals surface area contributed by atoms with Crippen LogP contribution < -0.4 is 8.92 Å². The second-order valence-electron chi connectivity index (χ2n) is 4.65. The fourth-order valence-corrected chi connectivity index (χ4v) is 4.63. The van der Waals surface area contributed by atoms with Crippen LogP contribution in [-0.4, -0.2) is 21.3 Å². The summed E-state index contributed by atoms with van der Waals surface area (Å²) in [5.41, 5.74) is 0.132. The van der Waals surface area contributed by atoms with E-state index in [4.69, 9.17) is 20.5 Å². The van der Waals surface area contributed by atoms with Gasteiger partial charge in [0.25, 0.3) is 0 Å². The van der Waals surface area contributed by atoms with Gasteiger partial charge in [0.1, 0.15) is 0 Å². The lowest BCUT2D eigenvalue weighted by Gasteiger charge is -2.14. The van der Waals surface area contributed by atoms with Gasteiger partial charge >= 0.3 is 10.1 Å². The average Bonchev–Trinajstić information content (AvgIpc) is 2.48. The van der Waals surface area contributed by atoms with Crippen LogP contribution in [0.4, 0.5) is 0 Å². The topological polar surface area (TPSA) is 69.7 Å². The van der Waals surface area contributed by atoms with Crippen LogP contribution in [0.5, 0.6) is 11.5 Å². The predicted octanol–water partition coefficient (Wildman–Crippen LogP) is 4.84. The van der Waals surface area contributed by atoms with Crippen molar-refractivity contribution in [1.82, 2.24) is 0 Å². The molecule has 0 saturated carbocycles. The van der Waals surface area contributed by atoms with Crippen molar-refractivity contribution in [2.75, 3.05) is 7.11 Å². The normalized spacial score (nSPS) is 11.2. The van der Waals surface area contributed by atoms with Crippen LogP contribution in [-0.2, 0) is 10.1 Å². The van der Waals surface area contributed by atoms with E-state index in [0.29, 0.717) is 8.95 Å². The number of carbonyl (C=O) groups excluding carboxylic acids is 1. The zero-order valence-corrected chi connectivity index (χ0v) is 17.2. The van der Waals surface area contributed by atoms with Crippen LogP contribution >= 0.6 is 43.5 Å². The van der Waals surface area contributed by atoms with E-state index >= 15 is 0 Å². The first-order valence-electron chi connectivity index (χ1n) is 6.43. The van der Waals surface area contributed by atoms with Crippen molar-refractivity contribution in [3.05, 3.63) is 49.9 Å². The number of methoxy groups -OCH3 is 1. The van der Waals surface area contributed by atoms with E-state index < -0.39 is 10.1 Å². The van der Waals surface area contributed by atoms with Gasteiger partial charge < -0.3 is 8.92 Å². The van der Waals surface area contributed by atoms with E-state index in [1.807, 2.05) is 0 Å². The Labute approximate surface area is 161 Å². The zero-order chi connectivity index (χ0) is 18.1. The number of hydrogen-bond donors (Lipinski definition) is 0. The lowest BCUT2D eigenvalue weighted by Crippen LogP contribution is -2.13. The quantitative estimate of drug-likeness (QED) is 0.436. The Balaban J connectivity index is 2.57. The Morgan fingerprint density at radius 2 is 1.83 bits per heavy atom.